The molecule has 0 amide bonds. The fourth-order valence-corrected chi connectivity index (χ4v) is 3.95. The topological polar surface area (TPSA) is 53.4 Å². The van der Waals surface area contributed by atoms with Crippen molar-refractivity contribution in [2.45, 2.75) is 18.9 Å². The van der Waals surface area contributed by atoms with Crippen molar-refractivity contribution in [3.8, 4) is 0 Å². The third kappa shape index (κ3) is 1.49. The molecule has 0 bridgehead atoms. The van der Waals surface area contributed by atoms with E-state index >= 15 is 0 Å². The van der Waals surface area contributed by atoms with Crippen LogP contribution >= 0.6 is 11.3 Å². The third-order valence-corrected chi connectivity index (χ3v) is 5.18. The van der Waals surface area contributed by atoms with Gasteiger partial charge in [-0.15, -0.1) is 0 Å². The highest BCUT2D eigenvalue weighted by Crippen LogP contribution is 2.46. The molecular formula is C13H11FN2O2S. The summed E-state index contributed by atoms with van der Waals surface area (Å²) >= 11 is 1.38. The number of aromatic nitrogens is 1. The van der Waals surface area contributed by atoms with E-state index in [9.17, 15) is 9.18 Å². The van der Waals surface area contributed by atoms with Gasteiger partial charge in [0.2, 0.25) is 0 Å². The van der Waals surface area contributed by atoms with Gasteiger partial charge in [0, 0.05) is 12.6 Å². The van der Waals surface area contributed by atoms with Crippen LogP contribution in [0.25, 0.3) is 10.2 Å². The summed E-state index contributed by atoms with van der Waals surface area (Å²) in [5.74, 6) is -0.881. The number of piperidine rings is 1. The van der Waals surface area contributed by atoms with E-state index in [1.54, 1.807) is 0 Å². The summed E-state index contributed by atoms with van der Waals surface area (Å²) in [6.45, 7) is 0.998. The normalized spacial score (nSPS) is 24.8. The quantitative estimate of drug-likeness (QED) is 0.917. The number of fused-ring (bicyclic) bond motifs is 2. The number of hydrogen-bond donors (Lipinski definition) is 1. The number of halogens is 1. The molecule has 2 aromatic rings. The zero-order chi connectivity index (χ0) is 13.1. The van der Waals surface area contributed by atoms with Crippen LogP contribution in [-0.4, -0.2) is 28.6 Å². The summed E-state index contributed by atoms with van der Waals surface area (Å²) < 4.78 is 14.5. The number of benzene rings is 1. The molecule has 2 fully saturated rings. The Bertz CT molecular complexity index is 699. The van der Waals surface area contributed by atoms with Crippen molar-refractivity contribution in [1.82, 2.24) is 4.98 Å². The molecule has 2 aliphatic rings. The zero-order valence-corrected chi connectivity index (χ0v) is 10.8. The molecule has 1 aromatic carbocycles. The van der Waals surface area contributed by atoms with Crippen molar-refractivity contribution >= 4 is 32.7 Å². The van der Waals surface area contributed by atoms with Crippen LogP contribution in [0, 0.1) is 11.7 Å². The van der Waals surface area contributed by atoms with Gasteiger partial charge in [0.05, 0.1) is 10.3 Å². The molecule has 4 nitrogen and oxygen atoms in total. The van der Waals surface area contributed by atoms with E-state index in [2.05, 4.69) is 9.88 Å². The van der Waals surface area contributed by atoms with Crippen LogP contribution in [0.4, 0.5) is 9.52 Å². The maximum absolute atomic E-state index is 13.9. The largest absolute Gasteiger partial charge is 0.478 e. The summed E-state index contributed by atoms with van der Waals surface area (Å²) in [5, 5.41) is 9.75. The molecule has 1 aromatic heterocycles. The number of anilines is 1. The molecule has 98 valence electrons. The number of nitrogens with zero attached hydrogens (tertiary/aromatic N) is 2. The lowest BCUT2D eigenvalue weighted by atomic mass is 9.72. The van der Waals surface area contributed by atoms with E-state index in [1.165, 1.54) is 30.2 Å². The molecule has 1 aliphatic heterocycles. The molecular weight excluding hydrogens is 267 g/mol. The lowest BCUT2D eigenvalue weighted by Gasteiger charge is -2.55. The molecule has 0 spiro atoms. The Hall–Kier alpha value is -1.69. The third-order valence-electron chi connectivity index (χ3n) is 4.14. The van der Waals surface area contributed by atoms with E-state index < -0.39 is 11.8 Å². The second kappa shape index (κ2) is 3.66. The predicted molar refractivity (Wildman–Crippen MR) is 70.4 cm³/mol. The van der Waals surface area contributed by atoms with Crippen molar-refractivity contribution in [3.63, 3.8) is 0 Å². The summed E-state index contributed by atoms with van der Waals surface area (Å²) in [4.78, 5) is 17.5. The second-order valence-electron chi connectivity index (χ2n) is 5.16. The van der Waals surface area contributed by atoms with Crippen LogP contribution in [0.2, 0.25) is 0 Å². The fourth-order valence-electron chi connectivity index (χ4n) is 2.87. The lowest BCUT2D eigenvalue weighted by molar-refractivity contribution is 0.0696. The standard InChI is InChI=1S/C13H11FN2O2S/c14-8-3-7(12(17)18)4-10-11(8)15-13(19-10)16-5-6-1-2-9(6)16/h3-4,6,9H,1-2,5H2,(H,17,18)/t6-,9?/m0/s1. The van der Waals surface area contributed by atoms with Crippen LogP contribution in [0.3, 0.4) is 0 Å². The van der Waals surface area contributed by atoms with Crippen molar-refractivity contribution in [2.75, 3.05) is 11.4 Å². The van der Waals surface area contributed by atoms with E-state index in [4.69, 9.17) is 5.11 Å². The minimum absolute atomic E-state index is 0.0228. The van der Waals surface area contributed by atoms with E-state index in [1.807, 2.05) is 0 Å². The first-order valence-electron chi connectivity index (χ1n) is 6.23. The van der Waals surface area contributed by atoms with Crippen molar-refractivity contribution in [3.05, 3.63) is 23.5 Å². The van der Waals surface area contributed by atoms with Crippen LogP contribution in [-0.2, 0) is 0 Å². The number of thiazole rings is 1. The molecule has 1 unspecified atom stereocenters. The fraction of sp³-hybridized carbons (Fsp3) is 0.385. The van der Waals surface area contributed by atoms with Gasteiger partial charge in [-0.1, -0.05) is 11.3 Å². The van der Waals surface area contributed by atoms with Crippen molar-refractivity contribution in [1.29, 1.82) is 0 Å². The maximum Gasteiger partial charge on any atom is 0.335 e. The number of hydrogen-bond acceptors (Lipinski definition) is 4. The van der Waals surface area contributed by atoms with Gasteiger partial charge in [0.1, 0.15) is 5.52 Å². The highest BCUT2D eigenvalue weighted by atomic mass is 32.1. The molecule has 2 atom stereocenters. The molecule has 4 rings (SSSR count). The molecule has 6 heteroatoms. The minimum atomic E-state index is -1.11. The average Bonchev–Trinajstić information content (AvgIpc) is 2.76. The summed E-state index contributed by atoms with van der Waals surface area (Å²) in [6.07, 6.45) is 2.47. The van der Waals surface area contributed by atoms with E-state index in [0.29, 0.717) is 10.7 Å². The predicted octanol–water partition coefficient (Wildman–Crippen LogP) is 2.73. The Labute approximate surface area is 112 Å². The monoisotopic (exact) mass is 278 g/mol. The first-order valence-corrected chi connectivity index (χ1v) is 7.05. The summed E-state index contributed by atoms with van der Waals surface area (Å²) in [5.41, 5.74) is 0.262. The van der Waals surface area contributed by atoms with Crippen LogP contribution in [0.5, 0.6) is 0 Å². The van der Waals surface area contributed by atoms with Gasteiger partial charge in [0.25, 0.3) is 0 Å². The SMILES string of the molecule is O=C(O)c1cc(F)c2nc(N3C[C@@H]4CCC43)sc2c1. The van der Waals surface area contributed by atoms with E-state index in [0.717, 1.165) is 23.7 Å². The Balaban J connectivity index is 1.78. The van der Waals surface area contributed by atoms with Gasteiger partial charge in [-0.3, -0.25) is 0 Å². The molecule has 1 saturated heterocycles. The van der Waals surface area contributed by atoms with Gasteiger partial charge in [-0.2, -0.15) is 0 Å². The van der Waals surface area contributed by atoms with Crippen molar-refractivity contribution < 1.29 is 14.3 Å². The maximum atomic E-state index is 13.9. The zero-order valence-electron chi connectivity index (χ0n) is 9.97. The number of carbonyl (C=O) groups is 1. The van der Waals surface area contributed by atoms with Crippen LogP contribution in [0.1, 0.15) is 23.2 Å². The molecule has 0 radical (unpaired) electrons. The molecule has 1 N–H and O–H groups in total. The highest BCUT2D eigenvalue weighted by Gasteiger charge is 2.46. The number of carboxylic acids is 1. The number of rotatable bonds is 2. The number of carboxylic acid groups (broad SMARTS) is 1. The minimum Gasteiger partial charge on any atom is -0.478 e. The summed E-state index contributed by atoms with van der Waals surface area (Å²) in [7, 11) is 0. The Morgan fingerprint density at radius 2 is 2.32 bits per heavy atom. The molecule has 1 aliphatic carbocycles. The Kier molecular flexibility index (Phi) is 2.15. The Morgan fingerprint density at radius 1 is 1.47 bits per heavy atom. The van der Waals surface area contributed by atoms with Gasteiger partial charge in [0.15, 0.2) is 10.9 Å². The lowest BCUT2D eigenvalue weighted by Crippen LogP contribution is -2.62. The van der Waals surface area contributed by atoms with Gasteiger partial charge >= 0.3 is 5.97 Å². The molecule has 19 heavy (non-hydrogen) atoms. The van der Waals surface area contributed by atoms with Gasteiger partial charge in [-0.05, 0) is 30.9 Å². The summed E-state index contributed by atoms with van der Waals surface area (Å²) in [6, 6.07) is 3.11. The smallest absolute Gasteiger partial charge is 0.335 e. The van der Waals surface area contributed by atoms with Gasteiger partial charge < -0.3 is 10.0 Å². The molecule has 1 saturated carbocycles. The molecule has 2 heterocycles. The first kappa shape index (κ1) is 11.2. The van der Waals surface area contributed by atoms with Crippen LogP contribution < -0.4 is 4.90 Å². The van der Waals surface area contributed by atoms with Crippen molar-refractivity contribution in [2.24, 2.45) is 5.92 Å². The van der Waals surface area contributed by atoms with Crippen LogP contribution in [0.15, 0.2) is 12.1 Å². The van der Waals surface area contributed by atoms with Gasteiger partial charge in [-0.25, -0.2) is 14.2 Å². The number of aromatic carboxylic acids is 1. The second-order valence-corrected chi connectivity index (χ2v) is 6.17. The average molecular weight is 278 g/mol. The van der Waals surface area contributed by atoms with E-state index in [-0.39, 0.29) is 11.1 Å². The Morgan fingerprint density at radius 3 is 2.89 bits per heavy atom. The highest BCUT2D eigenvalue weighted by molar-refractivity contribution is 7.22. The first-order chi connectivity index (χ1) is 9.13.